The van der Waals surface area contributed by atoms with Crippen molar-refractivity contribution >= 4 is 15.9 Å². The minimum Gasteiger partial charge on any atom is -0.382 e. The van der Waals surface area contributed by atoms with E-state index in [0.717, 1.165) is 10.3 Å². The highest BCUT2D eigenvalue weighted by molar-refractivity contribution is 7.89. The average Bonchev–Trinajstić information content (AvgIpc) is 2.30. The highest BCUT2D eigenvalue weighted by Crippen LogP contribution is 1.96. The predicted octanol–water partition coefficient (Wildman–Crippen LogP) is -1.03. The van der Waals surface area contributed by atoms with E-state index in [1.807, 2.05) is 0 Å². The number of aromatic nitrogens is 2. The van der Waals surface area contributed by atoms with Crippen molar-refractivity contribution in [2.45, 2.75) is 0 Å². The molecule has 6 nitrogen and oxygen atoms in total. The second-order valence-electron chi connectivity index (χ2n) is 2.25. The molecule has 0 unspecified atom stereocenters. The highest BCUT2D eigenvalue weighted by atomic mass is 32.2. The number of hydrogen-bond donors (Lipinski definition) is 2. The molecule has 66 valence electrons. The van der Waals surface area contributed by atoms with Crippen molar-refractivity contribution in [2.75, 3.05) is 6.26 Å². The SMILES string of the molecule is CS(=O)(=O)n1ccc(C(=N)N)n1. The summed E-state index contributed by atoms with van der Waals surface area (Å²) in [6, 6.07) is 1.36. The Hall–Kier alpha value is -1.37. The van der Waals surface area contributed by atoms with Gasteiger partial charge in [-0.3, -0.25) is 5.41 Å². The van der Waals surface area contributed by atoms with E-state index in [4.69, 9.17) is 11.1 Å². The van der Waals surface area contributed by atoms with Gasteiger partial charge in [0.1, 0.15) is 11.5 Å². The van der Waals surface area contributed by atoms with E-state index in [0.29, 0.717) is 0 Å². The van der Waals surface area contributed by atoms with E-state index >= 15 is 0 Å². The largest absolute Gasteiger partial charge is 0.382 e. The Kier molecular flexibility index (Phi) is 1.89. The normalized spacial score (nSPS) is 11.4. The summed E-state index contributed by atoms with van der Waals surface area (Å²) in [4.78, 5) is 0. The van der Waals surface area contributed by atoms with Crippen molar-refractivity contribution in [1.29, 1.82) is 5.41 Å². The predicted molar refractivity (Wildman–Crippen MR) is 43.5 cm³/mol. The van der Waals surface area contributed by atoms with E-state index in [1.165, 1.54) is 12.3 Å². The van der Waals surface area contributed by atoms with Crippen molar-refractivity contribution in [3.63, 3.8) is 0 Å². The Morgan fingerprint density at radius 2 is 2.33 bits per heavy atom. The van der Waals surface area contributed by atoms with E-state index in [-0.39, 0.29) is 11.5 Å². The van der Waals surface area contributed by atoms with Gasteiger partial charge in [-0.05, 0) is 6.07 Å². The molecule has 0 spiro atoms. The Labute approximate surface area is 69.6 Å². The number of nitrogens with zero attached hydrogens (tertiary/aromatic N) is 2. The average molecular weight is 188 g/mol. The van der Waals surface area contributed by atoms with Crippen LogP contribution in [0.25, 0.3) is 0 Å². The molecule has 0 fully saturated rings. The second kappa shape index (κ2) is 2.59. The topological polar surface area (TPSA) is 102 Å². The van der Waals surface area contributed by atoms with Crippen molar-refractivity contribution in [3.8, 4) is 0 Å². The molecule has 1 heterocycles. The maximum absolute atomic E-state index is 10.9. The van der Waals surface area contributed by atoms with E-state index < -0.39 is 10.0 Å². The minimum atomic E-state index is -3.36. The number of amidine groups is 1. The number of hydrogen-bond acceptors (Lipinski definition) is 4. The molecule has 0 aliphatic heterocycles. The molecule has 1 rings (SSSR count). The molecule has 0 aliphatic rings. The molecule has 0 radical (unpaired) electrons. The van der Waals surface area contributed by atoms with Gasteiger partial charge >= 0.3 is 0 Å². The maximum Gasteiger partial charge on any atom is 0.250 e. The van der Waals surface area contributed by atoms with Crippen LogP contribution in [0.15, 0.2) is 12.3 Å². The van der Waals surface area contributed by atoms with Crippen LogP contribution >= 0.6 is 0 Å². The van der Waals surface area contributed by atoms with Crippen molar-refractivity contribution in [3.05, 3.63) is 18.0 Å². The van der Waals surface area contributed by atoms with Gasteiger partial charge in [-0.2, -0.15) is 9.19 Å². The summed E-state index contributed by atoms with van der Waals surface area (Å²) in [7, 11) is -3.36. The number of rotatable bonds is 2. The molecule has 0 aromatic carbocycles. The zero-order valence-corrected chi connectivity index (χ0v) is 7.17. The Balaban J connectivity index is 3.17. The number of nitrogen functional groups attached to an aromatic ring is 1. The molecule has 0 amide bonds. The number of nitrogens with one attached hydrogen (secondary N) is 1. The second-order valence-corrected chi connectivity index (χ2v) is 4.09. The molecular weight excluding hydrogens is 180 g/mol. The first-order chi connectivity index (χ1) is 5.41. The quantitative estimate of drug-likeness (QED) is 0.457. The van der Waals surface area contributed by atoms with Crippen molar-refractivity contribution in [2.24, 2.45) is 5.73 Å². The molecule has 0 saturated heterocycles. The summed E-state index contributed by atoms with van der Waals surface area (Å²) in [6.07, 6.45) is 2.26. The highest BCUT2D eigenvalue weighted by Gasteiger charge is 2.08. The lowest BCUT2D eigenvalue weighted by Gasteiger charge is -1.94. The zero-order chi connectivity index (χ0) is 9.35. The van der Waals surface area contributed by atoms with Gasteiger partial charge in [0.15, 0.2) is 0 Å². The fourth-order valence-electron chi connectivity index (χ4n) is 0.636. The third kappa shape index (κ3) is 1.62. The van der Waals surface area contributed by atoms with Gasteiger partial charge in [0.2, 0.25) is 0 Å². The molecule has 0 bridgehead atoms. The van der Waals surface area contributed by atoms with Gasteiger partial charge in [0.25, 0.3) is 10.0 Å². The lowest BCUT2D eigenvalue weighted by atomic mass is 10.4. The van der Waals surface area contributed by atoms with Crippen LogP contribution in [0, 0.1) is 5.41 Å². The first kappa shape index (κ1) is 8.72. The lowest BCUT2D eigenvalue weighted by Crippen LogP contribution is -2.15. The van der Waals surface area contributed by atoms with Crippen LogP contribution in [0.5, 0.6) is 0 Å². The summed E-state index contributed by atoms with van der Waals surface area (Å²) in [5.74, 6) is -0.252. The molecule has 0 atom stereocenters. The van der Waals surface area contributed by atoms with Crippen LogP contribution in [0.4, 0.5) is 0 Å². The van der Waals surface area contributed by atoms with Crippen LogP contribution in [0.3, 0.4) is 0 Å². The summed E-state index contributed by atoms with van der Waals surface area (Å²) >= 11 is 0. The van der Waals surface area contributed by atoms with Crippen LogP contribution in [0.2, 0.25) is 0 Å². The Bertz CT molecular complexity index is 405. The minimum absolute atomic E-state index is 0.153. The summed E-state index contributed by atoms with van der Waals surface area (Å²) in [6.45, 7) is 0. The lowest BCUT2D eigenvalue weighted by molar-refractivity contribution is 0.586. The van der Waals surface area contributed by atoms with Gasteiger partial charge in [-0.15, -0.1) is 0 Å². The molecule has 12 heavy (non-hydrogen) atoms. The summed E-state index contributed by atoms with van der Waals surface area (Å²) in [5.41, 5.74) is 5.24. The van der Waals surface area contributed by atoms with Crippen LogP contribution < -0.4 is 5.73 Å². The Morgan fingerprint density at radius 3 is 2.58 bits per heavy atom. The van der Waals surface area contributed by atoms with Crippen LogP contribution in [-0.2, 0) is 10.0 Å². The first-order valence-electron chi connectivity index (χ1n) is 3.02. The summed E-state index contributed by atoms with van der Waals surface area (Å²) in [5, 5.41) is 10.5. The maximum atomic E-state index is 10.9. The van der Waals surface area contributed by atoms with Gasteiger partial charge < -0.3 is 5.73 Å². The first-order valence-corrected chi connectivity index (χ1v) is 4.86. The fraction of sp³-hybridized carbons (Fsp3) is 0.200. The van der Waals surface area contributed by atoms with Gasteiger partial charge in [0, 0.05) is 6.20 Å². The zero-order valence-electron chi connectivity index (χ0n) is 6.35. The molecular formula is C5H8N4O2S. The van der Waals surface area contributed by atoms with Crippen molar-refractivity contribution in [1.82, 2.24) is 9.19 Å². The third-order valence-electron chi connectivity index (χ3n) is 1.18. The molecule has 0 saturated carbocycles. The van der Waals surface area contributed by atoms with E-state index in [2.05, 4.69) is 5.10 Å². The molecule has 1 aromatic rings. The van der Waals surface area contributed by atoms with E-state index in [9.17, 15) is 8.42 Å². The van der Waals surface area contributed by atoms with Gasteiger partial charge in [0.05, 0.1) is 6.26 Å². The van der Waals surface area contributed by atoms with E-state index in [1.54, 1.807) is 0 Å². The molecule has 1 aromatic heterocycles. The van der Waals surface area contributed by atoms with Crippen LogP contribution in [0.1, 0.15) is 5.69 Å². The van der Waals surface area contributed by atoms with Crippen molar-refractivity contribution < 1.29 is 8.42 Å². The van der Waals surface area contributed by atoms with Gasteiger partial charge in [-0.25, -0.2) is 8.42 Å². The number of nitrogens with two attached hydrogens (primary N) is 1. The summed E-state index contributed by atoms with van der Waals surface area (Å²) < 4.78 is 22.5. The molecule has 7 heteroatoms. The van der Waals surface area contributed by atoms with Crippen LogP contribution in [-0.4, -0.2) is 29.7 Å². The molecule has 0 aliphatic carbocycles. The monoisotopic (exact) mass is 188 g/mol. The standard InChI is InChI=1S/C5H8N4O2S/c1-12(10,11)9-3-2-4(8-9)5(6)7/h2-3H,1H3,(H3,6,7). The fourth-order valence-corrected chi connectivity index (χ4v) is 1.15. The molecule has 3 N–H and O–H groups in total. The Morgan fingerprint density at radius 1 is 1.75 bits per heavy atom. The third-order valence-corrected chi connectivity index (χ3v) is 2.06. The smallest absolute Gasteiger partial charge is 0.250 e. The van der Waals surface area contributed by atoms with Gasteiger partial charge in [-0.1, -0.05) is 0 Å².